The molecule has 0 aliphatic heterocycles. The van der Waals surface area contributed by atoms with Crippen LogP contribution in [0, 0.1) is 0 Å². The van der Waals surface area contributed by atoms with Crippen LogP contribution in [0.4, 0.5) is 0 Å². The molecule has 0 radical (unpaired) electrons. The van der Waals surface area contributed by atoms with Crippen molar-refractivity contribution in [3.8, 4) is 0 Å². The number of Topliss-reactive ketones (excluding diaryl/α,β-unsaturated/α-hetero) is 1. The van der Waals surface area contributed by atoms with Crippen LogP contribution in [0.5, 0.6) is 0 Å². The number of unbranched alkanes of at least 4 members (excludes halogenated alkanes) is 11. The Balaban J connectivity index is 3.21. The highest BCUT2D eigenvalue weighted by molar-refractivity contribution is 5.83. The van der Waals surface area contributed by atoms with E-state index < -0.39 is 0 Å². The summed E-state index contributed by atoms with van der Waals surface area (Å²) in [7, 11) is 1.85. The molecule has 0 bridgehead atoms. The minimum Gasteiger partial charge on any atom is -0.311 e. The first kappa shape index (κ1) is 22.4. The largest absolute Gasteiger partial charge is 0.311 e. The number of rotatable bonds is 17. The zero-order valence-corrected chi connectivity index (χ0v) is 16.0. The van der Waals surface area contributed by atoms with E-state index in [1.165, 1.54) is 77.0 Å². The van der Waals surface area contributed by atoms with Crippen molar-refractivity contribution < 1.29 is 4.79 Å². The lowest BCUT2D eigenvalue weighted by Crippen LogP contribution is -2.30. The van der Waals surface area contributed by atoms with Crippen LogP contribution >= 0.6 is 0 Å². The van der Waals surface area contributed by atoms with Gasteiger partial charge in [-0.05, 0) is 46.1 Å². The monoisotopic (exact) mass is 323 g/mol. The molecule has 0 aromatic heterocycles. The maximum atomic E-state index is 11.6. The second-order valence-corrected chi connectivity index (χ2v) is 6.81. The molecule has 0 aliphatic rings. The van der Waals surface area contributed by atoms with Crippen LogP contribution < -0.4 is 5.32 Å². The summed E-state index contributed by atoms with van der Waals surface area (Å²) in [6.45, 7) is 4.21. The summed E-state index contributed by atoms with van der Waals surface area (Å²) in [4.78, 5) is 11.6. The Hall–Kier alpha value is -0.630. The Morgan fingerprint density at radius 1 is 0.826 bits per heavy atom. The third-order valence-corrected chi connectivity index (χ3v) is 4.60. The molecule has 0 spiro atoms. The summed E-state index contributed by atoms with van der Waals surface area (Å²) < 4.78 is 0. The number of nitrogens with one attached hydrogen (secondary N) is 1. The summed E-state index contributed by atoms with van der Waals surface area (Å²) >= 11 is 0. The predicted molar refractivity (Wildman–Crippen MR) is 103 cm³/mol. The van der Waals surface area contributed by atoms with Crippen molar-refractivity contribution in [1.29, 1.82) is 0 Å². The molecule has 0 rings (SSSR count). The van der Waals surface area contributed by atoms with Gasteiger partial charge in [0.2, 0.25) is 0 Å². The number of hydrogen-bond donors (Lipinski definition) is 1. The molecule has 0 heterocycles. The Morgan fingerprint density at radius 3 is 1.83 bits per heavy atom. The summed E-state index contributed by atoms with van der Waals surface area (Å²) in [6.07, 6.45) is 22.4. The molecular weight excluding hydrogens is 282 g/mol. The van der Waals surface area contributed by atoms with Crippen LogP contribution in [0.15, 0.2) is 12.2 Å². The standard InChI is InChI=1S/C21H41NO/c1-4-5-6-7-8-9-10-11-12-13-14-15-16-17-18-19-21(23)20(2)22-3/h11-12,20,22H,4-10,13-19H2,1-3H3/b12-11-. The van der Waals surface area contributed by atoms with Gasteiger partial charge in [0.25, 0.3) is 0 Å². The summed E-state index contributed by atoms with van der Waals surface area (Å²) in [5.41, 5.74) is 0. The van der Waals surface area contributed by atoms with Crippen molar-refractivity contribution in [3.05, 3.63) is 12.2 Å². The Labute approximate surface area is 145 Å². The van der Waals surface area contributed by atoms with Crippen molar-refractivity contribution in [2.75, 3.05) is 7.05 Å². The fraction of sp³-hybridized carbons (Fsp3) is 0.857. The molecular formula is C21H41NO. The first-order chi connectivity index (χ1) is 11.2. The summed E-state index contributed by atoms with van der Waals surface area (Å²) in [5, 5.41) is 3.01. The molecule has 0 saturated carbocycles. The normalized spacial score (nSPS) is 12.8. The highest BCUT2D eigenvalue weighted by atomic mass is 16.1. The maximum Gasteiger partial charge on any atom is 0.149 e. The van der Waals surface area contributed by atoms with Crippen molar-refractivity contribution in [2.24, 2.45) is 0 Å². The minimum absolute atomic E-state index is 0.0202. The third-order valence-electron chi connectivity index (χ3n) is 4.60. The van der Waals surface area contributed by atoms with Gasteiger partial charge in [0, 0.05) is 6.42 Å². The number of carbonyl (C=O) groups is 1. The van der Waals surface area contributed by atoms with Gasteiger partial charge in [0.15, 0.2) is 0 Å². The van der Waals surface area contributed by atoms with Crippen molar-refractivity contribution in [2.45, 2.75) is 110 Å². The molecule has 1 N–H and O–H groups in total. The molecule has 0 aromatic carbocycles. The van der Waals surface area contributed by atoms with Crippen LogP contribution in [0.1, 0.15) is 104 Å². The van der Waals surface area contributed by atoms with E-state index in [4.69, 9.17) is 0 Å². The SMILES string of the molecule is CCCCCCCC/C=C\CCCCCCCC(=O)C(C)NC. The van der Waals surface area contributed by atoms with E-state index in [-0.39, 0.29) is 6.04 Å². The van der Waals surface area contributed by atoms with Crippen molar-refractivity contribution in [3.63, 3.8) is 0 Å². The van der Waals surface area contributed by atoms with Crippen molar-refractivity contribution in [1.82, 2.24) is 5.32 Å². The topological polar surface area (TPSA) is 29.1 Å². The van der Waals surface area contributed by atoms with Gasteiger partial charge in [-0.15, -0.1) is 0 Å². The molecule has 1 unspecified atom stereocenters. The zero-order valence-electron chi connectivity index (χ0n) is 16.0. The van der Waals surface area contributed by atoms with E-state index in [9.17, 15) is 4.79 Å². The number of hydrogen-bond acceptors (Lipinski definition) is 2. The molecule has 0 saturated heterocycles. The Bertz CT molecular complexity index is 286. The van der Waals surface area contributed by atoms with Crippen LogP contribution in [0.25, 0.3) is 0 Å². The predicted octanol–water partition coefficient (Wildman–Crippen LogP) is 6.20. The van der Waals surface area contributed by atoms with Crippen LogP contribution in [-0.4, -0.2) is 18.9 Å². The smallest absolute Gasteiger partial charge is 0.149 e. The molecule has 0 fully saturated rings. The van der Waals surface area contributed by atoms with Crippen LogP contribution in [0.2, 0.25) is 0 Å². The quantitative estimate of drug-likeness (QED) is 0.255. The highest BCUT2D eigenvalue weighted by Crippen LogP contribution is 2.10. The molecule has 0 amide bonds. The summed E-state index contributed by atoms with van der Waals surface area (Å²) in [5.74, 6) is 0.352. The lowest BCUT2D eigenvalue weighted by Gasteiger charge is -2.08. The minimum atomic E-state index is 0.0202. The van der Waals surface area contributed by atoms with Gasteiger partial charge in [-0.2, -0.15) is 0 Å². The van der Waals surface area contributed by atoms with E-state index in [1.54, 1.807) is 0 Å². The first-order valence-corrected chi connectivity index (χ1v) is 10.1. The second kappa shape index (κ2) is 17.7. The molecule has 2 heteroatoms. The van der Waals surface area contributed by atoms with Gasteiger partial charge in [-0.3, -0.25) is 4.79 Å². The molecule has 1 atom stereocenters. The van der Waals surface area contributed by atoms with Crippen LogP contribution in [-0.2, 0) is 4.79 Å². The average Bonchev–Trinajstić information content (AvgIpc) is 2.57. The van der Waals surface area contributed by atoms with Gasteiger partial charge in [0.1, 0.15) is 5.78 Å². The van der Waals surface area contributed by atoms with E-state index >= 15 is 0 Å². The number of likely N-dealkylation sites (N-methyl/N-ethyl adjacent to an activating group) is 1. The fourth-order valence-corrected chi connectivity index (χ4v) is 2.75. The lowest BCUT2D eigenvalue weighted by atomic mass is 10.0. The lowest BCUT2D eigenvalue weighted by molar-refractivity contribution is -0.120. The molecule has 0 aliphatic carbocycles. The molecule has 23 heavy (non-hydrogen) atoms. The van der Waals surface area contributed by atoms with E-state index in [0.717, 1.165) is 12.8 Å². The van der Waals surface area contributed by atoms with E-state index in [2.05, 4.69) is 24.4 Å². The Kier molecular flexibility index (Phi) is 17.2. The van der Waals surface area contributed by atoms with Gasteiger partial charge < -0.3 is 5.32 Å². The molecule has 136 valence electrons. The van der Waals surface area contributed by atoms with Gasteiger partial charge in [-0.25, -0.2) is 0 Å². The second-order valence-electron chi connectivity index (χ2n) is 6.81. The maximum absolute atomic E-state index is 11.6. The van der Waals surface area contributed by atoms with Crippen molar-refractivity contribution >= 4 is 5.78 Å². The van der Waals surface area contributed by atoms with Crippen LogP contribution in [0.3, 0.4) is 0 Å². The first-order valence-electron chi connectivity index (χ1n) is 10.1. The number of allylic oxidation sites excluding steroid dienone is 2. The zero-order chi connectivity index (χ0) is 17.2. The number of carbonyl (C=O) groups excluding carboxylic acids is 1. The van der Waals surface area contributed by atoms with Gasteiger partial charge in [0.05, 0.1) is 6.04 Å². The Morgan fingerprint density at radius 2 is 1.30 bits per heavy atom. The highest BCUT2D eigenvalue weighted by Gasteiger charge is 2.08. The van der Waals surface area contributed by atoms with Gasteiger partial charge >= 0.3 is 0 Å². The molecule has 0 aromatic rings. The number of ketones is 1. The molecule has 2 nitrogen and oxygen atoms in total. The fourth-order valence-electron chi connectivity index (χ4n) is 2.75. The van der Waals surface area contributed by atoms with E-state index in [0.29, 0.717) is 5.78 Å². The third kappa shape index (κ3) is 16.0. The van der Waals surface area contributed by atoms with Gasteiger partial charge in [-0.1, -0.05) is 70.4 Å². The van der Waals surface area contributed by atoms with E-state index in [1.807, 2.05) is 14.0 Å². The average molecular weight is 324 g/mol. The summed E-state index contributed by atoms with van der Waals surface area (Å²) in [6, 6.07) is 0.0202.